The number of Topliss-reactive ketones (excluding diaryl/α,β-unsaturated/α-hetero) is 1. The summed E-state index contributed by atoms with van der Waals surface area (Å²) in [6.07, 6.45) is 10.4. The molecule has 43 heavy (non-hydrogen) atoms. The van der Waals surface area contributed by atoms with E-state index < -0.39 is 11.7 Å². The first-order valence-electron chi connectivity index (χ1n) is 15.7. The summed E-state index contributed by atoms with van der Waals surface area (Å²) in [5.74, 6) is 1.07. The van der Waals surface area contributed by atoms with Crippen molar-refractivity contribution in [1.82, 2.24) is 0 Å². The molecule has 5 rings (SSSR count). The molecular weight excluding hydrogens is 553 g/mol. The van der Waals surface area contributed by atoms with Crippen LogP contribution in [0.5, 0.6) is 0 Å². The molecule has 2 aliphatic carbocycles. The monoisotopic (exact) mass is 594 g/mol. The zero-order valence-electron chi connectivity index (χ0n) is 24.8. The number of alkyl halides is 3. The molecule has 230 valence electrons. The third-order valence-corrected chi connectivity index (χ3v) is 9.48. The fourth-order valence-corrected chi connectivity index (χ4v) is 7.08. The lowest BCUT2D eigenvalue weighted by molar-refractivity contribution is -0.151. The van der Waals surface area contributed by atoms with Gasteiger partial charge in [0.15, 0.2) is 5.78 Å². The number of benzene rings is 2. The van der Waals surface area contributed by atoms with Gasteiger partial charge in [-0.05, 0) is 98.7 Å². The highest BCUT2D eigenvalue weighted by Crippen LogP contribution is 2.41. The first-order valence-corrected chi connectivity index (χ1v) is 15.7. The maximum absolute atomic E-state index is 13.3. The molecular formula is C35H41F3N2O3. The van der Waals surface area contributed by atoms with E-state index >= 15 is 0 Å². The smallest absolute Gasteiger partial charge is 0.416 e. The number of esters is 1. The molecule has 0 radical (unpaired) electrons. The summed E-state index contributed by atoms with van der Waals surface area (Å²) in [5, 5.41) is 3.28. The number of fused-ring (bicyclic) bond motifs is 1. The average molecular weight is 595 g/mol. The molecule has 0 unspecified atom stereocenters. The Bertz CT molecular complexity index is 1350. The van der Waals surface area contributed by atoms with E-state index in [1.807, 2.05) is 24.4 Å². The minimum Gasteiger partial charge on any atom is -0.461 e. The standard InChI is InChI=1S/C35H41F3N2O3/c1-2-5-27-20-30(35(36,37)38)16-14-29(27)22-43-34(42)26-12-10-24(11-13-26)23-6-3-8-25(9-4-7-23)33(41)28-15-17-31-32(21-28)40-19-18-39-31/h2,5,14-17,19-21,23-26,39H,3-4,6-13,18,22H2,1H3/b5-2+. The predicted molar refractivity (Wildman–Crippen MR) is 163 cm³/mol. The number of carbonyl (C=O) groups is 2. The molecule has 0 saturated heterocycles. The molecule has 0 bridgehead atoms. The van der Waals surface area contributed by atoms with Gasteiger partial charge in [0, 0.05) is 17.7 Å². The Labute approximate surface area is 252 Å². The van der Waals surface area contributed by atoms with Crippen LogP contribution in [0.2, 0.25) is 0 Å². The van der Waals surface area contributed by atoms with E-state index in [9.17, 15) is 22.8 Å². The second kappa shape index (κ2) is 13.9. The summed E-state index contributed by atoms with van der Waals surface area (Å²) < 4.78 is 45.0. The number of nitrogens with zero attached hydrogens (tertiary/aromatic N) is 1. The average Bonchev–Trinajstić information content (AvgIpc) is 2.99. The van der Waals surface area contributed by atoms with E-state index in [2.05, 4.69) is 10.3 Å². The number of ether oxygens (including phenoxy) is 1. The molecule has 8 heteroatoms. The van der Waals surface area contributed by atoms with Gasteiger partial charge in [-0.25, -0.2) is 0 Å². The molecule has 1 heterocycles. The SMILES string of the molecule is C/C=C/c1cc(C(F)(F)F)ccc1COC(=O)C1CCC(C2CCCC(C(=O)c3ccc4c(c3)N=CCN4)CCC2)CC1. The van der Waals surface area contributed by atoms with E-state index in [-0.39, 0.29) is 30.2 Å². The number of halogens is 3. The Kier molecular flexibility index (Phi) is 10.0. The van der Waals surface area contributed by atoms with Gasteiger partial charge in [0.2, 0.25) is 0 Å². The zero-order chi connectivity index (χ0) is 30.4. The molecule has 0 aromatic heterocycles. The van der Waals surface area contributed by atoms with Crippen molar-refractivity contribution in [3.8, 4) is 0 Å². The first kappa shape index (κ1) is 31.0. The number of aliphatic imine (C=N–C) groups is 1. The topological polar surface area (TPSA) is 67.8 Å². The third kappa shape index (κ3) is 7.76. The van der Waals surface area contributed by atoms with E-state index in [1.165, 1.54) is 6.07 Å². The highest BCUT2D eigenvalue weighted by atomic mass is 19.4. The van der Waals surface area contributed by atoms with Crippen LogP contribution in [0.25, 0.3) is 6.08 Å². The van der Waals surface area contributed by atoms with Gasteiger partial charge < -0.3 is 10.1 Å². The summed E-state index contributed by atoms with van der Waals surface area (Å²) in [6.45, 7) is 2.42. The van der Waals surface area contributed by atoms with Crippen molar-refractivity contribution < 1.29 is 27.5 Å². The van der Waals surface area contributed by atoms with Gasteiger partial charge in [-0.2, -0.15) is 13.2 Å². The zero-order valence-corrected chi connectivity index (χ0v) is 24.8. The maximum atomic E-state index is 13.3. The number of hydrogen-bond donors (Lipinski definition) is 1. The van der Waals surface area contributed by atoms with Crippen molar-refractivity contribution >= 4 is 35.4 Å². The second-order valence-electron chi connectivity index (χ2n) is 12.2. The Morgan fingerprint density at radius 3 is 2.35 bits per heavy atom. The van der Waals surface area contributed by atoms with Gasteiger partial charge in [-0.15, -0.1) is 0 Å². The van der Waals surface area contributed by atoms with Crippen LogP contribution in [0.15, 0.2) is 47.5 Å². The van der Waals surface area contributed by atoms with E-state index in [0.29, 0.717) is 29.5 Å². The lowest BCUT2D eigenvalue weighted by atomic mass is 9.71. The van der Waals surface area contributed by atoms with Gasteiger partial charge in [-0.1, -0.05) is 43.9 Å². The fourth-order valence-electron chi connectivity index (χ4n) is 7.08. The second-order valence-corrected chi connectivity index (χ2v) is 12.2. The van der Waals surface area contributed by atoms with Crippen molar-refractivity contribution in [2.24, 2.45) is 28.7 Å². The number of nitrogens with one attached hydrogen (secondary N) is 1. The van der Waals surface area contributed by atoms with Crippen molar-refractivity contribution in [3.05, 3.63) is 64.7 Å². The van der Waals surface area contributed by atoms with Crippen LogP contribution < -0.4 is 5.32 Å². The summed E-state index contributed by atoms with van der Waals surface area (Å²) in [5.41, 5.74) is 2.82. The predicted octanol–water partition coefficient (Wildman–Crippen LogP) is 9.19. The van der Waals surface area contributed by atoms with Gasteiger partial charge in [0.1, 0.15) is 6.61 Å². The quantitative estimate of drug-likeness (QED) is 0.256. The molecule has 2 fully saturated rings. The van der Waals surface area contributed by atoms with Gasteiger partial charge in [-0.3, -0.25) is 14.6 Å². The lowest BCUT2D eigenvalue weighted by Gasteiger charge is -2.35. The number of ketones is 1. The molecule has 0 spiro atoms. The van der Waals surface area contributed by atoms with E-state index in [1.54, 1.807) is 19.1 Å². The van der Waals surface area contributed by atoms with Crippen molar-refractivity contribution in [1.29, 1.82) is 0 Å². The van der Waals surface area contributed by atoms with Crippen LogP contribution >= 0.6 is 0 Å². The summed E-state index contributed by atoms with van der Waals surface area (Å²) in [7, 11) is 0. The Morgan fingerprint density at radius 1 is 0.930 bits per heavy atom. The number of hydrogen-bond acceptors (Lipinski definition) is 5. The van der Waals surface area contributed by atoms with Crippen LogP contribution in [0.4, 0.5) is 24.5 Å². The fraction of sp³-hybridized carbons (Fsp3) is 0.514. The molecule has 1 aliphatic heterocycles. The van der Waals surface area contributed by atoms with Crippen LogP contribution in [-0.2, 0) is 22.3 Å². The van der Waals surface area contributed by atoms with Crippen LogP contribution in [0, 0.1) is 23.7 Å². The molecule has 2 saturated carbocycles. The largest absolute Gasteiger partial charge is 0.461 e. The molecule has 0 amide bonds. The van der Waals surface area contributed by atoms with Crippen molar-refractivity contribution in [3.63, 3.8) is 0 Å². The normalized spacial score (nSPS) is 24.5. The highest BCUT2D eigenvalue weighted by molar-refractivity contribution is 6.00. The van der Waals surface area contributed by atoms with Crippen LogP contribution in [0.1, 0.15) is 98.2 Å². The number of rotatable bonds is 7. The number of carbonyl (C=O) groups excluding carboxylic acids is 2. The van der Waals surface area contributed by atoms with Crippen LogP contribution in [0.3, 0.4) is 0 Å². The van der Waals surface area contributed by atoms with E-state index in [0.717, 1.165) is 93.3 Å². The first-order chi connectivity index (χ1) is 20.7. The maximum Gasteiger partial charge on any atom is 0.416 e. The third-order valence-electron chi connectivity index (χ3n) is 9.48. The Hall–Kier alpha value is -3.42. The Balaban J connectivity index is 1.08. The van der Waals surface area contributed by atoms with Gasteiger partial charge in [0.05, 0.1) is 29.4 Å². The molecule has 1 N–H and O–H groups in total. The summed E-state index contributed by atoms with van der Waals surface area (Å²) in [6, 6.07) is 9.33. The van der Waals surface area contributed by atoms with Gasteiger partial charge >= 0.3 is 12.1 Å². The lowest BCUT2D eigenvalue weighted by Crippen LogP contribution is -2.28. The highest BCUT2D eigenvalue weighted by Gasteiger charge is 2.34. The van der Waals surface area contributed by atoms with Crippen molar-refractivity contribution in [2.75, 3.05) is 11.9 Å². The summed E-state index contributed by atoms with van der Waals surface area (Å²) in [4.78, 5) is 30.6. The molecule has 0 atom stereocenters. The minimum absolute atomic E-state index is 0.0331. The van der Waals surface area contributed by atoms with Crippen molar-refractivity contribution in [2.45, 2.75) is 83.9 Å². The molecule has 2 aromatic carbocycles. The number of anilines is 1. The molecule has 2 aromatic rings. The van der Waals surface area contributed by atoms with E-state index in [4.69, 9.17) is 4.74 Å². The molecule has 5 nitrogen and oxygen atoms in total. The van der Waals surface area contributed by atoms with Crippen LogP contribution in [-0.4, -0.2) is 24.5 Å². The minimum atomic E-state index is -4.42. The van der Waals surface area contributed by atoms with Gasteiger partial charge in [0.25, 0.3) is 0 Å². The molecule has 3 aliphatic rings. The number of allylic oxidation sites excluding steroid dienone is 1. The summed E-state index contributed by atoms with van der Waals surface area (Å²) >= 11 is 0. The Morgan fingerprint density at radius 2 is 1.65 bits per heavy atom.